The monoisotopic (exact) mass is 1610 g/mol. The molecule has 10 aliphatic rings. The van der Waals surface area contributed by atoms with Crippen molar-refractivity contribution in [2.75, 3.05) is 62.3 Å². The average molecular weight is 1610 g/mol. The Kier molecular flexibility index (Phi) is 39.6. The first-order valence-corrected chi connectivity index (χ1v) is 45.9. The zero-order chi connectivity index (χ0) is 87.1. The van der Waals surface area contributed by atoms with Crippen molar-refractivity contribution < 1.29 is 18.0 Å². The van der Waals surface area contributed by atoms with Gasteiger partial charge in [-0.25, -0.2) is 13.2 Å². The molecule has 0 amide bonds. The van der Waals surface area contributed by atoms with Gasteiger partial charge >= 0.3 is 0 Å². The van der Waals surface area contributed by atoms with Crippen molar-refractivity contribution >= 4 is 23.2 Å². The summed E-state index contributed by atoms with van der Waals surface area (Å²) in [6.45, 7) is 96.5. The van der Waals surface area contributed by atoms with E-state index in [4.69, 9.17) is 0 Å². The molecule has 2 aromatic carbocycles. The molecule has 0 aromatic heterocycles. The number of alkyl halides is 3. The largest absolute Gasteiger partial charge is 0.363 e. The highest BCUT2D eigenvalue weighted by Gasteiger charge is 2.47. The summed E-state index contributed by atoms with van der Waals surface area (Å²) >= 11 is 2.04. The molecule has 0 radical (unpaired) electrons. The Bertz CT molecular complexity index is 3040. The first-order chi connectivity index (χ1) is 51.1. The fourth-order valence-corrected chi connectivity index (χ4v) is 20.6. The second kappa shape index (κ2) is 42.8. The van der Waals surface area contributed by atoms with Gasteiger partial charge in [-0.3, -0.25) is 48.9 Å². The summed E-state index contributed by atoms with van der Waals surface area (Å²) < 4.78 is 38.8. The Labute approximate surface area is 703 Å². The van der Waals surface area contributed by atoms with Gasteiger partial charge in [0.25, 0.3) is 5.92 Å². The third kappa shape index (κ3) is 34.5. The molecule has 658 valence electrons. The number of benzene rings is 2. The van der Waals surface area contributed by atoms with E-state index in [-0.39, 0.29) is 46.7 Å². The van der Waals surface area contributed by atoms with Crippen molar-refractivity contribution in [1.82, 2.24) is 44.1 Å². The van der Waals surface area contributed by atoms with Crippen molar-refractivity contribution in [2.45, 2.75) is 482 Å². The SMILES string of the molecule is CC1C=CCN1C(C)(C)C.CC1CC(=O)CN1C(C)(C)C.CC1CC(F)(F)CN1C(C)(C)C.CC1CC(F)CN1C(C)(C)C.CC1CCCCN1C(C)(C)C.CC1CCCN1C(C)(C)C.CC1CCN1C(C)(C)C.CC1CSCN1C(C)(C)C.CC1Cc2ccccc2CN1C(C)(C)C.CC1Cc2ccccc2N1C(C)(C)C. The van der Waals surface area contributed by atoms with Crippen LogP contribution in [0.3, 0.4) is 0 Å². The van der Waals surface area contributed by atoms with Gasteiger partial charge in [-0.05, 0) is 364 Å². The maximum absolute atomic E-state index is 12.9. The Morgan fingerprint density at radius 2 is 0.796 bits per heavy atom. The lowest BCUT2D eigenvalue weighted by Gasteiger charge is -2.48. The molecule has 10 aliphatic heterocycles. The maximum Gasteiger partial charge on any atom is 0.262 e. The van der Waals surface area contributed by atoms with Crippen molar-refractivity contribution in [3.63, 3.8) is 0 Å². The van der Waals surface area contributed by atoms with Crippen LogP contribution in [0.2, 0.25) is 0 Å². The second-order valence-electron chi connectivity index (χ2n) is 45.5. The molecule has 0 N–H and O–H groups in total. The summed E-state index contributed by atoms with van der Waals surface area (Å²) in [7, 11) is 0. The highest BCUT2D eigenvalue weighted by Crippen LogP contribution is 2.39. The van der Waals surface area contributed by atoms with Crippen molar-refractivity contribution in [1.29, 1.82) is 0 Å². The van der Waals surface area contributed by atoms with Crippen LogP contribution in [0, 0.1) is 0 Å². The van der Waals surface area contributed by atoms with Crippen LogP contribution in [0.4, 0.5) is 18.9 Å². The maximum atomic E-state index is 12.9. The molecule has 11 nitrogen and oxygen atoms in total. The van der Waals surface area contributed by atoms with Gasteiger partial charge in [0.2, 0.25) is 0 Å². The summed E-state index contributed by atoms with van der Waals surface area (Å²) in [4.78, 5) is 35.3. The van der Waals surface area contributed by atoms with Crippen LogP contribution >= 0.6 is 11.8 Å². The number of ketones is 1. The van der Waals surface area contributed by atoms with E-state index in [2.05, 4.69) is 354 Å². The van der Waals surface area contributed by atoms with E-state index >= 15 is 0 Å². The molecule has 11 unspecified atom stereocenters. The highest BCUT2D eigenvalue weighted by atomic mass is 32.2. The molecule has 0 bridgehead atoms. The number of carbonyl (C=O) groups excluding carboxylic acids is 1. The molecule has 12 rings (SSSR count). The normalized spacial score (nSPS) is 27.9. The van der Waals surface area contributed by atoms with Gasteiger partial charge in [0.1, 0.15) is 12.0 Å². The fourth-order valence-electron chi connectivity index (χ4n) is 19.2. The number of thioether (sulfide) groups is 1. The summed E-state index contributed by atoms with van der Waals surface area (Å²) in [5.74, 6) is 0.418. The summed E-state index contributed by atoms with van der Waals surface area (Å²) in [6.07, 6.45) is 16.1. The minimum Gasteiger partial charge on any atom is -0.363 e. The van der Waals surface area contributed by atoms with Gasteiger partial charge < -0.3 is 4.90 Å². The topological polar surface area (TPSA) is 49.5 Å². The molecule has 15 heteroatoms. The van der Waals surface area contributed by atoms with Gasteiger partial charge in [0, 0.05) is 172 Å². The van der Waals surface area contributed by atoms with E-state index in [9.17, 15) is 18.0 Å². The molecular formula is C98H183F3N10OS. The number of hydrogen-bond acceptors (Lipinski definition) is 12. The number of Topliss-reactive ketones (excluding diaryl/α,β-unsaturated/α-hetero) is 1. The molecule has 0 saturated carbocycles. The molecule has 0 aliphatic carbocycles. The van der Waals surface area contributed by atoms with Gasteiger partial charge in [0.15, 0.2) is 0 Å². The van der Waals surface area contributed by atoms with Crippen LogP contribution in [0.1, 0.15) is 351 Å². The van der Waals surface area contributed by atoms with Crippen LogP contribution in [0.5, 0.6) is 0 Å². The lowest BCUT2D eigenvalue weighted by atomic mass is 9.90. The Morgan fingerprint density at radius 1 is 0.381 bits per heavy atom. The minimum absolute atomic E-state index is 0.000000000000000444. The van der Waals surface area contributed by atoms with Crippen molar-refractivity contribution in [2.24, 2.45) is 0 Å². The first kappa shape index (κ1) is 105. The van der Waals surface area contributed by atoms with E-state index < -0.39 is 12.1 Å². The number of nitrogens with zero attached hydrogens (tertiary/aromatic N) is 10. The number of anilines is 1. The van der Waals surface area contributed by atoms with Crippen molar-refractivity contribution in [3.8, 4) is 0 Å². The van der Waals surface area contributed by atoms with Gasteiger partial charge in [-0.1, -0.05) is 61.0 Å². The zero-order valence-corrected chi connectivity index (χ0v) is 82.2. The van der Waals surface area contributed by atoms with Crippen LogP contribution in [0.25, 0.3) is 0 Å². The second-order valence-corrected chi connectivity index (χ2v) is 46.5. The van der Waals surface area contributed by atoms with E-state index in [1.807, 2.05) is 44.4 Å². The lowest BCUT2D eigenvalue weighted by Crippen LogP contribution is -2.55. The predicted octanol–water partition coefficient (Wildman–Crippen LogP) is 23.7. The van der Waals surface area contributed by atoms with Crippen LogP contribution < -0.4 is 4.90 Å². The smallest absolute Gasteiger partial charge is 0.262 e. The van der Waals surface area contributed by atoms with Gasteiger partial charge in [-0.15, -0.1) is 11.8 Å². The van der Waals surface area contributed by atoms with Crippen LogP contribution in [-0.2, 0) is 24.2 Å². The molecule has 113 heavy (non-hydrogen) atoms. The zero-order valence-electron chi connectivity index (χ0n) is 81.4. The molecule has 7 saturated heterocycles. The number of rotatable bonds is 0. The van der Waals surface area contributed by atoms with E-state index in [1.165, 1.54) is 105 Å². The molecular weight excluding hydrogens is 1420 g/mol. The number of likely N-dealkylation sites (tertiary alicyclic amines) is 6. The first-order valence-electron chi connectivity index (χ1n) is 44.7. The van der Waals surface area contributed by atoms with Crippen LogP contribution in [-0.4, -0.2) is 235 Å². The molecule has 11 atom stereocenters. The molecule has 7 fully saturated rings. The number of para-hydroxylation sites is 1. The summed E-state index contributed by atoms with van der Waals surface area (Å²) in [5.41, 5.74) is 8.43. The van der Waals surface area contributed by atoms with Gasteiger partial charge in [-0.2, -0.15) is 0 Å². The third-order valence-electron chi connectivity index (χ3n) is 24.7. The number of piperidine rings is 1. The fraction of sp³-hybridized carbons (Fsp3) is 0.847. The third-order valence-corrected chi connectivity index (χ3v) is 25.8. The van der Waals surface area contributed by atoms with E-state index in [1.54, 1.807) is 0 Å². The lowest BCUT2D eigenvalue weighted by molar-refractivity contribution is -0.117. The Balaban J connectivity index is 0.000000326. The molecule has 10 heterocycles. The minimum atomic E-state index is -2.48. The Morgan fingerprint density at radius 3 is 1.09 bits per heavy atom. The number of fused-ring (bicyclic) bond motifs is 2. The number of hydrogen-bond donors (Lipinski definition) is 0. The predicted molar refractivity (Wildman–Crippen MR) is 492 cm³/mol. The standard InChI is InChI=1S/C14H21N.C13H19N.C10H21N.C9H17F2N.C9H18FN.C9H17NO.C9H19N.C9H17N.C8H17NS.C8H17N/c1-11-9-12-7-5-6-8-13(12)10-15(11)14(2,3)4;1-10-9-11-7-5-6-8-12(11)14(10)13(2,3)4;1-9-7-5-6-8-11(9)10(2,3)4;1-7-5-9(10,11)6-12(7)8(2,3)4;1-7-5-8(10)6-11(7)9(2,3)4;1-7-5-8(11)6-10(7)9(2,3)4;2*1-8-6-5-7-10(8)9(2,3)4;1-7-5-10-6-9(7)8(2,3)4;1-7-5-6-9(7)8(2,3)4/h5-8,11H,9-10H2,1-4H3;5-8,10H,9H2,1-4H3;9H,5-8H2,1-4H3;7H,5-6H2,1-4H3;7-8H,5-6H2,1-4H3;7H,5-6H2,1-4H3;8H,5-7H2,1-4H3;5-6,8H,7H2,1-4H3;7H,5-6H2,1-4H3;7H,5-6H2,1-4H3. The number of halogens is 3. The average Bonchev–Trinajstić information content (AvgIpc) is 1.70. The quantitative estimate of drug-likeness (QED) is 0.236. The highest BCUT2D eigenvalue weighted by molar-refractivity contribution is 7.99. The molecule has 0 spiro atoms. The van der Waals surface area contributed by atoms with Gasteiger partial charge in [0.05, 0.1) is 13.1 Å². The van der Waals surface area contributed by atoms with Crippen LogP contribution in [0.15, 0.2) is 60.7 Å². The molecule has 2 aromatic rings. The van der Waals surface area contributed by atoms with E-state index in [0.29, 0.717) is 83.2 Å². The Hall–Kier alpha value is -2.57. The van der Waals surface area contributed by atoms with E-state index in [0.717, 1.165) is 43.7 Å². The van der Waals surface area contributed by atoms with Crippen molar-refractivity contribution in [3.05, 3.63) is 77.4 Å². The summed E-state index contributed by atoms with van der Waals surface area (Å²) in [6, 6.07) is 23.5. The number of carbonyl (C=O) groups is 1. The summed E-state index contributed by atoms with van der Waals surface area (Å²) in [5, 5.41) is 0.